The first-order valence-electron chi connectivity index (χ1n) is 5.25. The molecule has 1 heterocycles. The molecule has 0 saturated carbocycles. The fourth-order valence-corrected chi connectivity index (χ4v) is 1.82. The zero-order valence-corrected chi connectivity index (χ0v) is 9.14. The molecule has 0 aromatic heterocycles. The number of hydrogen-bond acceptors (Lipinski definition) is 4. The van der Waals surface area contributed by atoms with Gasteiger partial charge >= 0.3 is 5.97 Å². The molecule has 6 nitrogen and oxygen atoms in total. The Bertz CT molecular complexity index is 473. The maximum atomic E-state index is 11.7. The summed E-state index contributed by atoms with van der Waals surface area (Å²) in [7, 11) is 0. The molecule has 0 fully saturated rings. The minimum absolute atomic E-state index is 0.0639. The third-order valence-electron chi connectivity index (χ3n) is 2.62. The van der Waals surface area contributed by atoms with Crippen LogP contribution in [-0.2, 0) is 4.79 Å². The van der Waals surface area contributed by atoms with Gasteiger partial charge in [-0.1, -0.05) is 0 Å². The highest BCUT2D eigenvalue weighted by Crippen LogP contribution is 2.30. The molecule has 2 rings (SSSR count). The fourth-order valence-electron chi connectivity index (χ4n) is 1.82. The maximum Gasteiger partial charge on any atom is 0.335 e. The van der Waals surface area contributed by atoms with Crippen LogP contribution in [-0.4, -0.2) is 36.6 Å². The quantitative estimate of drug-likeness (QED) is 0.690. The third-order valence-corrected chi connectivity index (χ3v) is 2.62. The minimum atomic E-state index is -0.989. The molecule has 0 atom stereocenters. The number of aromatic carboxylic acids is 1. The number of nitrogens with zero attached hydrogens (tertiary/aromatic N) is 1. The van der Waals surface area contributed by atoms with Crippen LogP contribution in [0.4, 0.5) is 11.4 Å². The van der Waals surface area contributed by atoms with E-state index in [2.05, 4.69) is 5.32 Å². The van der Waals surface area contributed by atoms with Crippen molar-refractivity contribution in [2.24, 2.45) is 5.73 Å². The number of hydrogen-bond donors (Lipinski definition) is 3. The van der Waals surface area contributed by atoms with Crippen LogP contribution in [0.2, 0.25) is 0 Å². The number of anilines is 2. The Hall–Kier alpha value is -2.08. The molecule has 90 valence electrons. The number of amides is 1. The van der Waals surface area contributed by atoms with Crippen molar-refractivity contribution < 1.29 is 14.7 Å². The van der Waals surface area contributed by atoms with Crippen LogP contribution >= 0.6 is 0 Å². The van der Waals surface area contributed by atoms with Crippen LogP contribution in [0.25, 0.3) is 0 Å². The van der Waals surface area contributed by atoms with Crippen molar-refractivity contribution in [1.82, 2.24) is 0 Å². The third kappa shape index (κ3) is 2.07. The lowest BCUT2D eigenvalue weighted by Gasteiger charge is -2.30. The number of carbonyl (C=O) groups excluding carboxylic acids is 1. The second kappa shape index (κ2) is 4.42. The molecule has 17 heavy (non-hydrogen) atoms. The molecular weight excluding hydrogens is 222 g/mol. The van der Waals surface area contributed by atoms with E-state index in [1.54, 1.807) is 11.0 Å². The van der Waals surface area contributed by atoms with Crippen molar-refractivity contribution in [3.8, 4) is 0 Å². The van der Waals surface area contributed by atoms with E-state index in [1.807, 2.05) is 0 Å². The van der Waals surface area contributed by atoms with Crippen molar-refractivity contribution >= 4 is 23.3 Å². The Morgan fingerprint density at radius 2 is 2.29 bits per heavy atom. The fraction of sp³-hybridized carbons (Fsp3) is 0.273. The van der Waals surface area contributed by atoms with Gasteiger partial charge in [0.25, 0.3) is 0 Å². The van der Waals surface area contributed by atoms with Crippen molar-refractivity contribution in [1.29, 1.82) is 0 Å². The van der Waals surface area contributed by atoms with Gasteiger partial charge in [-0.05, 0) is 18.2 Å². The molecule has 6 heteroatoms. The number of fused-ring (bicyclic) bond motifs is 1. The summed E-state index contributed by atoms with van der Waals surface area (Å²) < 4.78 is 0. The average molecular weight is 235 g/mol. The van der Waals surface area contributed by atoms with Crippen molar-refractivity contribution in [2.75, 3.05) is 29.9 Å². The van der Waals surface area contributed by atoms with Crippen LogP contribution in [0.15, 0.2) is 18.2 Å². The van der Waals surface area contributed by atoms with Gasteiger partial charge < -0.3 is 21.1 Å². The molecule has 0 aliphatic carbocycles. The van der Waals surface area contributed by atoms with Gasteiger partial charge in [0.1, 0.15) is 0 Å². The first-order valence-corrected chi connectivity index (χ1v) is 5.25. The number of rotatable bonds is 3. The second-order valence-electron chi connectivity index (χ2n) is 3.72. The molecule has 1 aliphatic rings. The summed E-state index contributed by atoms with van der Waals surface area (Å²) in [5.74, 6) is -1.05. The molecule has 1 aromatic rings. The monoisotopic (exact) mass is 235 g/mol. The summed E-state index contributed by atoms with van der Waals surface area (Å²) in [6.45, 7) is 0.960. The lowest BCUT2D eigenvalue weighted by atomic mass is 10.1. The molecular formula is C11H13N3O3. The Morgan fingerprint density at radius 1 is 1.53 bits per heavy atom. The summed E-state index contributed by atoms with van der Waals surface area (Å²) in [5, 5.41) is 11.8. The predicted octanol–water partition coefficient (Wildman–Crippen LogP) is 0.102. The van der Waals surface area contributed by atoms with E-state index in [-0.39, 0.29) is 18.0 Å². The van der Waals surface area contributed by atoms with Gasteiger partial charge in [0.2, 0.25) is 5.91 Å². The van der Waals surface area contributed by atoms with E-state index >= 15 is 0 Å². The summed E-state index contributed by atoms with van der Waals surface area (Å²) in [5.41, 5.74) is 6.97. The molecule has 4 N–H and O–H groups in total. The van der Waals surface area contributed by atoms with E-state index in [1.165, 1.54) is 12.1 Å². The van der Waals surface area contributed by atoms with E-state index in [0.29, 0.717) is 24.5 Å². The Labute approximate surface area is 98.0 Å². The van der Waals surface area contributed by atoms with Crippen molar-refractivity contribution in [2.45, 2.75) is 0 Å². The molecule has 0 saturated heterocycles. The minimum Gasteiger partial charge on any atom is -0.478 e. The SMILES string of the molecule is NCCN1C(=O)CNc2cc(C(=O)O)ccc21. The molecule has 1 amide bonds. The molecule has 1 aromatic carbocycles. The number of benzene rings is 1. The number of carbonyl (C=O) groups is 2. The van der Waals surface area contributed by atoms with Gasteiger partial charge in [-0.3, -0.25) is 4.79 Å². The normalized spacial score (nSPS) is 14.2. The smallest absolute Gasteiger partial charge is 0.335 e. The Kier molecular flexibility index (Phi) is 2.97. The standard InChI is InChI=1S/C11H13N3O3/c12-3-4-14-9-2-1-7(11(16)17)5-8(9)13-6-10(14)15/h1-2,5,13H,3-4,6,12H2,(H,16,17). The molecule has 0 bridgehead atoms. The molecule has 0 radical (unpaired) electrons. The summed E-state index contributed by atoms with van der Waals surface area (Å²) >= 11 is 0. The zero-order chi connectivity index (χ0) is 12.4. The molecule has 1 aliphatic heterocycles. The van der Waals surface area contributed by atoms with Crippen LogP contribution in [0.5, 0.6) is 0 Å². The average Bonchev–Trinajstić information content (AvgIpc) is 2.32. The summed E-state index contributed by atoms with van der Waals surface area (Å²) in [6, 6.07) is 4.62. The summed E-state index contributed by atoms with van der Waals surface area (Å²) in [6.07, 6.45) is 0. The van der Waals surface area contributed by atoms with E-state index in [0.717, 1.165) is 0 Å². The number of nitrogens with one attached hydrogen (secondary N) is 1. The lowest BCUT2D eigenvalue weighted by molar-refractivity contribution is -0.117. The van der Waals surface area contributed by atoms with Crippen LogP contribution in [0, 0.1) is 0 Å². The van der Waals surface area contributed by atoms with Gasteiger partial charge in [-0.25, -0.2) is 4.79 Å². The number of nitrogens with two attached hydrogens (primary N) is 1. The number of carboxylic acids is 1. The number of carboxylic acid groups (broad SMARTS) is 1. The second-order valence-corrected chi connectivity index (χ2v) is 3.72. The van der Waals surface area contributed by atoms with Gasteiger partial charge in [0.15, 0.2) is 0 Å². The topological polar surface area (TPSA) is 95.7 Å². The largest absolute Gasteiger partial charge is 0.478 e. The first-order chi connectivity index (χ1) is 8.13. The van der Waals surface area contributed by atoms with Gasteiger partial charge in [-0.2, -0.15) is 0 Å². The Morgan fingerprint density at radius 3 is 2.94 bits per heavy atom. The lowest BCUT2D eigenvalue weighted by Crippen LogP contribution is -2.42. The summed E-state index contributed by atoms with van der Waals surface area (Å²) in [4.78, 5) is 24.1. The van der Waals surface area contributed by atoms with Crippen LogP contribution in [0.1, 0.15) is 10.4 Å². The predicted molar refractivity (Wildman–Crippen MR) is 63.3 cm³/mol. The highest BCUT2D eigenvalue weighted by atomic mass is 16.4. The molecule has 0 unspecified atom stereocenters. The van der Waals surface area contributed by atoms with E-state index in [9.17, 15) is 9.59 Å². The van der Waals surface area contributed by atoms with Crippen molar-refractivity contribution in [3.63, 3.8) is 0 Å². The van der Waals surface area contributed by atoms with Crippen LogP contribution in [0.3, 0.4) is 0 Å². The van der Waals surface area contributed by atoms with Gasteiger partial charge in [0.05, 0.1) is 23.5 Å². The zero-order valence-electron chi connectivity index (χ0n) is 9.14. The highest BCUT2D eigenvalue weighted by Gasteiger charge is 2.23. The Balaban J connectivity index is 2.40. The van der Waals surface area contributed by atoms with Crippen LogP contribution < -0.4 is 16.0 Å². The van der Waals surface area contributed by atoms with E-state index < -0.39 is 5.97 Å². The maximum absolute atomic E-state index is 11.7. The van der Waals surface area contributed by atoms with Crippen molar-refractivity contribution in [3.05, 3.63) is 23.8 Å². The highest BCUT2D eigenvalue weighted by molar-refractivity contribution is 6.04. The van der Waals surface area contributed by atoms with E-state index in [4.69, 9.17) is 10.8 Å². The van der Waals surface area contributed by atoms with Gasteiger partial charge in [-0.15, -0.1) is 0 Å². The molecule has 0 spiro atoms. The first kappa shape index (κ1) is 11.4. The van der Waals surface area contributed by atoms with Gasteiger partial charge in [0, 0.05) is 13.1 Å².